The topological polar surface area (TPSA) is 155 Å². The molecule has 214 valence electrons. The summed E-state index contributed by atoms with van der Waals surface area (Å²) in [7, 11) is 3.12. The maximum Gasteiger partial charge on any atom is 0.235 e. The van der Waals surface area contributed by atoms with Crippen LogP contribution in [0.3, 0.4) is 0 Å². The van der Waals surface area contributed by atoms with Crippen LogP contribution in [-0.4, -0.2) is 69.9 Å². The number of aromatic hydroxyl groups is 1. The van der Waals surface area contributed by atoms with Gasteiger partial charge in [-0.3, -0.25) is 28.9 Å². The number of likely N-dealkylation sites (N-methyl/N-ethyl adjacent to an activating group) is 1. The summed E-state index contributed by atoms with van der Waals surface area (Å²) < 4.78 is 0. The largest absolute Gasteiger partial charge is 0.507 e. The van der Waals surface area contributed by atoms with Crippen LogP contribution < -0.4 is 5.73 Å². The quantitative estimate of drug-likeness (QED) is 0.406. The number of amides is 1. The molecule has 4 N–H and O–H groups in total. The van der Waals surface area contributed by atoms with E-state index in [9.17, 15) is 34.2 Å². The number of nitrogens with two attached hydrogens (primary N) is 1. The van der Waals surface area contributed by atoms with Crippen molar-refractivity contribution in [3.8, 4) is 28.0 Å². The Labute approximate surface area is 241 Å². The van der Waals surface area contributed by atoms with Gasteiger partial charge in [-0.1, -0.05) is 60.7 Å². The van der Waals surface area contributed by atoms with E-state index in [0.29, 0.717) is 16.7 Å². The molecule has 2 saturated carbocycles. The number of nitrogens with zero attached hydrogens (tertiary/aromatic N) is 1. The highest BCUT2D eigenvalue weighted by Gasteiger charge is 2.69. The predicted molar refractivity (Wildman–Crippen MR) is 152 cm³/mol. The van der Waals surface area contributed by atoms with Gasteiger partial charge < -0.3 is 15.9 Å². The van der Waals surface area contributed by atoms with Crippen molar-refractivity contribution in [1.82, 2.24) is 4.90 Å². The van der Waals surface area contributed by atoms with E-state index in [1.54, 1.807) is 38.4 Å². The maximum absolute atomic E-state index is 14.3. The number of phenolic OH excluding ortho intramolecular Hbond substituents is 1. The van der Waals surface area contributed by atoms with E-state index in [4.69, 9.17) is 5.73 Å². The fraction of sp³-hybridized carbons (Fsp3) is 0.303. The van der Waals surface area contributed by atoms with Crippen molar-refractivity contribution < 1.29 is 34.2 Å². The van der Waals surface area contributed by atoms with Gasteiger partial charge in [0, 0.05) is 11.5 Å². The second-order valence-corrected chi connectivity index (χ2v) is 11.7. The summed E-state index contributed by atoms with van der Waals surface area (Å²) in [4.78, 5) is 69.0. The van der Waals surface area contributed by atoms with Crippen LogP contribution in [0.15, 0.2) is 66.7 Å². The number of carbonyl (C=O) groups excluding carboxylic acids is 5. The first-order valence-electron chi connectivity index (χ1n) is 13.8. The average Bonchev–Trinajstić information content (AvgIpc) is 2.95. The minimum Gasteiger partial charge on any atom is -0.507 e. The van der Waals surface area contributed by atoms with Crippen molar-refractivity contribution in [2.24, 2.45) is 29.4 Å². The molecule has 1 amide bonds. The Morgan fingerprint density at radius 2 is 1.48 bits per heavy atom. The molecule has 3 aromatic carbocycles. The number of primary amides is 1. The van der Waals surface area contributed by atoms with Crippen LogP contribution in [0.1, 0.15) is 22.3 Å². The number of aliphatic hydroxyl groups is 1. The molecule has 0 spiro atoms. The van der Waals surface area contributed by atoms with Gasteiger partial charge >= 0.3 is 0 Å². The van der Waals surface area contributed by atoms with Crippen molar-refractivity contribution >= 4 is 29.0 Å². The van der Waals surface area contributed by atoms with Gasteiger partial charge in [0.05, 0.1) is 17.5 Å². The molecule has 42 heavy (non-hydrogen) atoms. The van der Waals surface area contributed by atoms with E-state index >= 15 is 0 Å². The molecule has 9 heteroatoms. The molecule has 9 nitrogen and oxygen atoms in total. The number of benzene rings is 3. The molecule has 0 radical (unpaired) electrons. The lowest BCUT2D eigenvalue weighted by Crippen LogP contribution is -2.74. The third-order valence-corrected chi connectivity index (χ3v) is 9.23. The Balaban J connectivity index is 1.55. The van der Waals surface area contributed by atoms with Crippen LogP contribution in [-0.2, 0) is 25.6 Å². The minimum atomic E-state index is -2.76. The van der Waals surface area contributed by atoms with Gasteiger partial charge in [-0.05, 0) is 61.2 Å². The van der Waals surface area contributed by atoms with Crippen LogP contribution in [0.2, 0.25) is 0 Å². The molecule has 6 rings (SSSR count). The molecule has 3 aromatic rings. The number of rotatable bonds is 4. The third-order valence-electron chi connectivity index (χ3n) is 9.23. The number of hydrogen-bond donors (Lipinski definition) is 3. The Morgan fingerprint density at radius 3 is 2.02 bits per heavy atom. The second-order valence-electron chi connectivity index (χ2n) is 11.7. The number of phenols is 1. The number of carbonyl (C=O) groups is 5. The van der Waals surface area contributed by atoms with Gasteiger partial charge in [-0.2, -0.15) is 0 Å². The van der Waals surface area contributed by atoms with Crippen LogP contribution in [0, 0.1) is 23.7 Å². The van der Waals surface area contributed by atoms with Crippen LogP contribution in [0.4, 0.5) is 0 Å². The highest BCUT2D eigenvalue weighted by molar-refractivity contribution is 6.32. The lowest BCUT2D eigenvalue weighted by Gasteiger charge is -2.52. The van der Waals surface area contributed by atoms with E-state index in [-0.39, 0.29) is 24.2 Å². The van der Waals surface area contributed by atoms with Crippen molar-refractivity contribution in [2.75, 3.05) is 14.1 Å². The molecule has 6 atom stereocenters. The molecular formula is C33H30N2O7. The Bertz CT molecular complexity index is 1670. The SMILES string of the molecule is CN(C)[C@@H]1C(=O)C(C(N)=O)C(=O)[C@@]2(O)C(=O)C3C(=O)c4c(O)c(-c5ccccc5)cc(-c5ccccc5)c4CC3CC12. The normalized spacial score (nSPS) is 28.7. The predicted octanol–water partition coefficient (Wildman–Crippen LogP) is 2.20. The molecule has 3 aliphatic rings. The van der Waals surface area contributed by atoms with E-state index in [1.165, 1.54) is 4.90 Å². The van der Waals surface area contributed by atoms with Crippen LogP contribution in [0.5, 0.6) is 5.75 Å². The Morgan fingerprint density at radius 1 is 0.905 bits per heavy atom. The first-order chi connectivity index (χ1) is 20.0. The number of fused-ring (bicyclic) bond motifs is 3. The number of ketones is 4. The summed E-state index contributed by atoms with van der Waals surface area (Å²) >= 11 is 0. The third kappa shape index (κ3) is 3.80. The van der Waals surface area contributed by atoms with Crippen molar-refractivity contribution in [3.63, 3.8) is 0 Å². The van der Waals surface area contributed by atoms with Crippen molar-refractivity contribution in [1.29, 1.82) is 0 Å². The smallest absolute Gasteiger partial charge is 0.235 e. The van der Waals surface area contributed by atoms with Gasteiger partial charge in [0.25, 0.3) is 0 Å². The van der Waals surface area contributed by atoms with Gasteiger partial charge in [0.2, 0.25) is 5.91 Å². The fourth-order valence-corrected chi connectivity index (χ4v) is 7.38. The number of hydrogen-bond acceptors (Lipinski definition) is 8. The first kappa shape index (κ1) is 27.7. The van der Waals surface area contributed by atoms with E-state index < -0.39 is 64.4 Å². The zero-order valence-corrected chi connectivity index (χ0v) is 23.1. The van der Waals surface area contributed by atoms with Gasteiger partial charge in [0.15, 0.2) is 34.7 Å². The second kappa shape index (κ2) is 9.82. The average molecular weight is 567 g/mol. The molecule has 2 fully saturated rings. The standard InChI is InChI=1S/C33H30N2O7/c1-35(2)26-22-14-18-13-21-19(16-9-5-3-6-10-16)15-20(17-11-7-4-8-12-17)27(36)24(21)28(37)23(18)30(39)33(22,42)31(40)25(29(26)38)32(34)41/h3-12,15,18,22-23,25-26,36,42H,13-14H2,1-2H3,(H2,34,41)/t18?,22?,23?,25?,26-,33-/m0/s1. The van der Waals surface area contributed by atoms with Crippen LogP contribution in [0.25, 0.3) is 22.3 Å². The molecule has 0 saturated heterocycles. The maximum atomic E-state index is 14.3. The lowest BCUT2D eigenvalue weighted by atomic mass is 9.52. The summed E-state index contributed by atoms with van der Waals surface area (Å²) in [6.45, 7) is 0. The van der Waals surface area contributed by atoms with Gasteiger partial charge in [-0.15, -0.1) is 0 Å². The monoisotopic (exact) mass is 566 g/mol. The summed E-state index contributed by atoms with van der Waals surface area (Å²) in [5.41, 5.74) is 5.78. The van der Waals surface area contributed by atoms with Crippen LogP contribution >= 0.6 is 0 Å². The highest BCUT2D eigenvalue weighted by Crippen LogP contribution is 2.53. The number of Topliss-reactive ketones (excluding diaryl/α,β-unsaturated/α-hetero) is 4. The summed E-state index contributed by atoms with van der Waals surface area (Å²) in [5, 5.41) is 23.4. The molecule has 0 bridgehead atoms. The molecule has 3 aliphatic carbocycles. The Hall–Kier alpha value is -4.47. The molecule has 0 aromatic heterocycles. The zero-order valence-electron chi connectivity index (χ0n) is 23.1. The highest BCUT2D eigenvalue weighted by atomic mass is 16.3. The van der Waals surface area contributed by atoms with E-state index in [2.05, 4.69) is 0 Å². The molecule has 0 heterocycles. The van der Waals surface area contributed by atoms with E-state index in [1.807, 2.05) is 42.5 Å². The molecule has 0 aliphatic heterocycles. The van der Waals surface area contributed by atoms with E-state index in [0.717, 1.165) is 11.1 Å². The van der Waals surface area contributed by atoms with Crippen molar-refractivity contribution in [3.05, 3.63) is 77.9 Å². The molecule has 4 unspecified atom stereocenters. The lowest BCUT2D eigenvalue weighted by molar-refractivity contribution is -0.181. The Kier molecular flexibility index (Phi) is 6.47. The van der Waals surface area contributed by atoms with Gasteiger partial charge in [-0.25, -0.2) is 0 Å². The minimum absolute atomic E-state index is 0.000671. The fourth-order valence-electron chi connectivity index (χ4n) is 7.38. The summed E-state index contributed by atoms with van der Waals surface area (Å²) in [6.07, 6.45) is 0.192. The summed E-state index contributed by atoms with van der Waals surface area (Å²) in [5.74, 6) is -10.6. The molecular weight excluding hydrogens is 536 g/mol. The first-order valence-corrected chi connectivity index (χ1v) is 13.8. The van der Waals surface area contributed by atoms with Gasteiger partial charge in [0.1, 0.15) is 5.75 Å². The zero-order chi connectivity index (χ0) is 30.1. The summed E-state index contributed by atoms with van der Waals surface area (Å²) in [6, 6.07) is 19.1. The van der Waals surface area contributed by atoms with Crippen molar-refractivity contribution in [2.45, 2.75) is 24.5 Å².